The number of nitrogens with zero attached hydrogens (tertiary/aromatic N) is 2. The monoisotopic (exact) mass is 446 g/mol. The van der Waals surface area contributed by atoms with Crippen molar-refractivity contribution in [2.45, 2.75) is 70.6 Å². The Morgan fingerprint density at radius 1 is 1.29 bits per heavy atom. The zero-order valence-corrected chi connectivity index (χ0v) is 19.0. The van der Waals surface area contributed by atoms with Gasteiger partial charge < -0.3 is 20.4 Å². The van der Waals surface area contributed by atoms with Crippen molar-refractivity contribution in [1.82, 2.24) is 20.4 Å². The van der Waals surface area contributed by atoms with E-state index >= 15 is 0 Å². The van der Waals surface area contributed by atoms with Gasteiger partial charge in [-0.05, 0) is 29.7 Å². The molecule has 4 rings (SSSR count). The summed E-state index contributed by atoms with van der Waals surface area (Å²) in [5.41, 5.74) is -0.138. The van der Waals surface area contributed by atoms with E-state index in [1.807, 2.05) is 38.3 Å². The van der Waals surface area contributed by atoms with Crippen molar-refractivity contribution in [2.24, 2.45) is 5.41 Å². The van der Waals surface area contributed by atoms with Crippen LogP contribution in [0.1, 0.15) is 44.9 Å². The molecule has 4 amide bonds. The summed E-state index contributed by atoms with van der Waals surface area (Å²) in [6.45, 7) is 6.73. The Labute approximate surface area is 186 Å². The largest absolute Gasteiger partial charge is 0.351 e. The van der Waals surface area contributed by atoms with E-state index in [4.69, 9.17) is 0 Å². The maximum Gasteiger partial charge on any atom is 0.248 e. The first-order valence-corrected chi connectivity index (χ1v) is 11.7. The van der Waals surface area contributed by atoms with Crippen LogP contribution in [0.25, 0.3) is 0 Å². The van der Waals surface area contributed by atoms with Gasteiger partial charge in [-0.2, -0.15) is 0 Å². The first-order valence-electron chi connectivity index (χ1n) is 10.8. The first-order chi connectivity index (χ1) is 14.6. The van der Waals surface area contributed by atoms with E-state index in [2.05, 4.69) is 10.6 Å². The van der Waals surface area contributed by atoms with Crippen LogP contribution in [0.15, 0.2) is 17.5 Å². The molecule has 0 bridgehead atoms. The number of carbonyl (C=O) groups is 4. The first kappa shape index (κ1) is 21.8. The highest BCUT2D eigenvalue weighted by Crippen LogP contribution is 2.30. The molecule has 3 saturated heterocycles. The molecule has 3 fully saturated rings. The van der Waals surface area contributed by atoms with Gasteiger partial charge in [0.15, 0.2) is 0 Å². The number of fused-ring (bicyclic) bond motifs is 2. The Balaban J connectivity index is 1.47. The smallest absolute Gasteiger partial charge is 0.248 e. The summed E-state index contributed by atoms with van der Waals surface area (Å²) in [5.74, 6) is -0.557. The van der Waals surface area contributed by atoms with Gasteiger partial charge >= 0.3 is 0 Å². The van der Waals surface area contributed by atoms with E-state index in [-0.39, 0.29) is 47.5 Å². The lowest BCUT2D eigenvalue weighted by molar-refractivity contribution is -0.144. The van der Waals surface area contributed by atoms with E-state index in [1.165, 1.54) is 11.3 Å². The average molecular weight is 447 g/mol. The summed E-state index contributed by atoms with van der Waals surface area (Å²) in [6, 6.07) is 1.92. The van der Waals surface area contributed by atoms with Crippen LogP contribution in [0.2, 0.25) is 0 Å². The molecule has 9 heteroatoms. The van der Waals surface area contributed by atoms with Gasteiger partial charge in [-0.1, -0.05) is 26.8 Å². The number of thiophene rings is 1. The second kappa shape index (κ2) is 8.26. The average Bonchev–Trinajstić information content (AvgIpc) is 3.37. The highest BCUT2D eigenvalue weighted by molar-refractivity contribution is 7.10. The molecule has 0 radical (unpaired) electrons. The van der Waals surface area contributed by atoms with Gasteiger partial charge in [0.2, 0.25) is 23.6 Å². The molecule has 0 aromatic carbocycles. The van der Waals surface area contributed by atoms with Crippen molar-refractivity contribution < 1.29 is 19.2 Å². The number of hydrogen-bond donors (Lipinski definition) is 2. The van der Waals surface area contributed by atoms with Gasteiger partial charge in [0.1, 0.15) is 12.1 Å². The predicted octanol–water partition coefficient (Wildman–Crippen LogP) is 0.912. The molecule has 3 aliphatic rings. The molecule has 168 valence electrons. The molecule has 4 atom stereocenters. The van der Waals surface area contributed by atoms with Crippen LogP contribution in [-0.2, 0) is 25.6 Å². The van der Waals surface area contributed by atoms with Crippen molar-refractivity contribution >= 4 is 35.0 Å². The SMILES string of the molecule is CC(C)(C)CC(=O)N[C@@H]1C[C@H]2C(=O)N[C@@H]3CCN(C(=O)Cc4cccs4)[C@@H]3C(=O)N2C1. The topological polar surface area (TPSA) is 98.8 Å². The number of amides is 4. The lowest BCUT2D eigenvalue weighted by atomic mass is 9.92. The Bertz CT molecular complexity index is 879. The van der Waals surface area contributed by atoms with Crippen molar-refractivity contribution in [2.75, 3.05) is 13.1 Å². The van der Waals surface area contributed by atoms with Crippen LogP contribution >= 0.6 is 11.3 Å². The molecular weight excluding hydrogens is 416 g/mol. The van der Waals surface area contributed by atoms with Gasteiger partial charge in [-0.15, -0.1) is 11.3 Å². The third kappa shape index (κ3) is 4.61. The molecule has 2 N–H and O–H groups in total. The van der Waals surface area contributed by atoms with Gasteiger partial charge in [0.05, 0.1) is 12.5 Å². The molecule has 0 aliphatic carbocycles. The summed E-state index contributed by atoms with van der Waals surface area (Å²) >= 11 is 1.52. The summed E-state index contributed by atoms with van der Waals surface area (Å²) in [6.07, 6.45) is 1.61. The van der Waals surface area contributed by atoms with Crippen LogP contribution in [0.3, 0.4) is 0 Å². The fraction of sp³-hybridized carbons (Fsp3) is 0.636. The molecule has 0 spiro atoms. The number of carbonyl (C=O) groups excluding carboxylic acids is 4. The lowest BCUT2D eigenvalue weighted by Gasteiger charge is -2.29. The third-order valence-electron chi connectivity index (χ3n) is 6.15. The van der Waals surface area contributed by atoms with Crippen LogP contribution in [-0.4, -0.2) is 70.7 Å². The maximum atomic E-state index is 13.5. The van der Waals surface area contributed by atoms with Crippen molar-refractivity contribution in [3.8, 4) is 0 Å². The predicted molar refractivity (Wildman–Crippen MR) is 116 cm³/mol. The Morgan fingerprint density at radius 2 is 2.06 bits per heavy atom. The van der Waals surface area contributed by atoms with Gasteiger partial charge in [0.25, 0.3) is 0 Å². The van der Waals surface area contributed by atoms with Crippen molar-refractivity contribution in [3.05, 3.63) is 22.4 Å². The molecule has 0 saturated carbocycles. The van der Waals surface area contributed by atoms with Crippen LogP contribution < -0.4 is 10.6 Å². The molecule has 4 heterocycles. The molecule has 0 unspecified atom stereocenters. The minimum Gasteiger partial charge on any atom is -0.351 e. The summed E-state index contributed by atoms with van der Waals surface area (Å²) < 4.78 is 0. The molecule has 8 nitrogen and oxygen atoms in total. The zero-order valence-electron chi connectivity index (χ0n) is 18.2. The normalized spacial score (nSPS) is 28.1. The van der Waals surface area contributed by atoms with Crippen LogP contribution in [0, 0.1) is 5.41 Å². The summed E-state index contributed by atoms with van der Waals surface area (Å²) in [5, 5.41) is 7.90. The Hall–Kier alpha value is -2.42. The quantitative estimate of drug-likeness (QED) is 0.718. The highest BCUT2D eigenvalue weighted by atomic mass is 32.1. The van der Waals surface area contributed by atoms with Gasteiger partial charge in [-0.3, -0.25) is 19.2 Å². The van der Waals surface area contributed by atoms with Crippen LogP contribution in [0.5, 0.6) is 0 Å². The summed E-state index contributed by atoms with van der Waals surface area (Å²) in [4.78, 5) is 55.8. The second-order valence-corrected chi connectivity index (χ2v) is 11.0. The minimum absolute atomic E-state index is 0.0745. The summed E-state index contributed by atoms with van der Waals surface area (Å²) in [7, 11) is 0. The standard InChI is InChI=1S/C22H30N4O4S/c1-22(2,3)11-17(27)23-13-9-16-20(29)24-15-6-7-25(19(15)21(30)26(16)12-13)18(28)10-14-5-4-8-31-14/h4-5,8,13,15-16,19H,6-7,9-12H2,1-3H3,(H,23,27)(H,24,29)/t13-,15-,16+,19+/m1/s1. The number of rotatable bonds is 4. The number of likely N-dealkylation sites (tertiary alicyclic amines) is 1. The fourth-order valence-corrected chi connectivity index (χ4v) is 5.53. The fourth-order valence-electron chi connectivity index (χ4n) is 4.83. The van der Waals surface area contributed by atoms with E-state index in [1.54, 1.807) is 9.80 Å². The highest BCUT2D eigenvalue weighted by Gasteiger charge is 2.52. The van der Waals surface area contributed by atoms with Crippen molar-refractivity contribution in [3.63, 3.8) is 0 Å². The molecule has 31 heavy (non-hydrogen) atoms. The maximum absolute atomic E-state index is 13.5. The van der Waals surface area contributed by atoms with Gasteiger partial charge in [-0.25, -0.2) is 0 Å². The molecule has 1 aromatic heterocycles. The molecule has 1 aromatic rings. The van der Waals surface area contributed by atoms with E-state index < -0.39 is 12.1 Å². The van der Waals surface area contributed by atoms with E-state index in [0.29, 0.717) is 32.4 Å². The lowest BCUT2D eigenvalue weighted by Crippen LogP contribution is -2.53. The van der Waals surface area contributed by atoms with Crippen LogP contribution in [0.4, 0.5) is 0 Å². The Morgan fingerprint density at radius 3 is 2.74 bits per heavy atom. The van der Waals surface area contributed by atoms with Gasteiger partial charge in [0, 0.05) is 30.4 Å². The third-order valence-corrected chi connectivity index (χ3v) is 7.02. The molecule has 3 aliphatic heterocycles. The number of hydrogen-bond acceptors (Lipinski definition) is 5. The van der Waals surface area contributed by atoms with E-state index in [0.717, 1.165) is 4.88 Å². The van der Waals surface area contributed by atoms with Crippen molar-refractivity contribution in [1.29, 1.82) is 0 Å². The van der Waals surface area contributed by atoms with E-state index in [9.17, 15) is 19.2 Å². The number of nitrogens with one attached hydrogen (secondary N) is 2. The molecular formula is C22H30N4O4S. The Kier molecular flexibility index (Phi) is 5.81. The zero-order chi connectivity index (χ0) is 22.3. The minimum atomic E-state index is -0.676. The second-order valence-electron chi connectivity index (χ2n) is 9.94.